The number of benzene rings is 1. The van der Waals surface area contributed by atoms with Gasteiger partial charge in [-0.3, -0.25) is 9.59 Å². The molecule has 4 nitrogen and oxygen atoms in total. The molecular weight excluding hydrogens is 266 g/mol. The number of piperazine rings is 1. The summed E-state index contributed by atoms with van der Waals surface area (Å²) < 4.78 is 26.1. The Hall–Kier alpha value is -1.98. The summed E-state index contributed by atoms with van der Waals surface area (Å²) in [5.74, 6) is -2.03. The van der Waals surface area contributed by atoms with Gasteiger partial charge in [0.05, 0.1) is 6.54 Å². The number of nitrogens with one attached hydrogen (secondary N) is 1. The number of carbonyl (C=O) groups excluding carboxylic acids is 2. The normalized spacial score (nSPS) is 22.9. The van der Waals surface area contributed by atoms with E-state index in [1.54, 1.807) is 0 Å². The number of rotatable bonds is 3. The van der Waals surface area contributed by atoms with E-state index in [0.29, 0.717) is 5.56 Å². The van der Waals surface area contributed by atoms with E-state index >= 15 is 0 Å². The van der Waals surface area contributed by atoms with E-state index in [1.165, 1.54) is 11.0 Å². The highest BCUT2D eigenvalue weighted by Crippen LogP contribution is 2.37. The van der Waals surface area contributed by atoms with Crippen LogP contribution in [-0.2, 0) is 16.1 Å². The molecular formula is C14H14F2N2O2. The molecule has 1 saturated heterocycles. The van der Waals surface area contributed by atoms with Gasteiger partial charge < -0.3 is 10.2 Å². The molecule has 0 radical (unpaired) electrons. The van der Waals surface area contributed by atoms with Crippen molar-refractivity contribution >= 4 is 11.8 Å². The average Bonchev–Trinajstić information content (AvgIpc) is 3.23. The number of carbonyl (C=O) groups is 2. The topological polar surface area (TPSA) is 49.4 Å². The Kier molecular flexibility index (Phi) is 3.16. The van der Waals surface area contributed by atoms with Gasteiger partial charge in [-0.2, -0.15) is 0 Å². The van der Waals surface area contributed by atoms with E-state index < -0.39 is 17.7 Å². The van der Waals surface area contributed by atoms with Gasteiger partial charge >= 0.3 is 0 Å². The Morgan fingerprint density at radius 1 is 1.20 bits per heavy atom. The molecule has 0 aromatic heterocycles. The van der Waals surface area contributed by atoms with Crippen LogP contribution in [0.5, 0.6) is 0 Å². The van der Waals surface area contributed by atoms with Gasteiger partial charge in [-0.25, -0.2) is 8.78 Å². The van der Waals surface area contributed by atoms with E-state index in [9.17, 15) is 18.4 Å². The third-order valence-electron chi connectivity index (χ3n) is 3.74. The second-order valence-electron chi connectivity index (χ2n) is 5.27. The minimum Gasteiger partial charge on any atom is -0.345 e. The minimum absolute atomic E-state index is 0.0360. The Morgan fingerprint density at radius 3 is 2.60 bits per heavy atom. The van der Waals surface area contributed by atoms with Crippen molar-refractivity contribution in [3.05, 3.63) is 35.4 Å². The van der Waals surface area contributed by atoms with Crippen LogP contribution in [0.15, 0.2) is 18.2 Å². The van der Waals surface area contributed by atoms with Crippen molar-refractivity contribution in [1.29, 1.82) is 0 Å². The van der Waals surface area contributed by atoms with Gasteiger partial charge in [-0.05, 0) is 36.5 Å². The smallest absolute Gasteiger partial charge is 0.243 e. The van der Waals surface area contributed by atoms with Crippen molar-refractivity contribution in [2.24, 2.45) is 5.92 Å². The first-order valence-electron chi connectivity index (χ1n) is 6.57. The maximum atomic E-state index is 13.2. The zero-order valence-electron chi connectivity index (χ0n) is 10.7. The van der Waals surface area contributed by atoms with Gasteiger partial charge in [0.25, 0.3) is 0 Å². The molecule has 0 bridgehead atoms. The van der Waals surface area contributed by atoms with Crippen LogP contribution in [0.1, 0.15) is 18.4 Å². The van der Waals surface area contributed by atoms with Crippen LogP contribution in [0.3, 0.4) is 0 Å². The quantitative estimate of drug-likeness (QED) is 0.904. The molecule has 1 atom stereocenters. The first kappa shape index (κ1) is 13.0. The van der Waals surface area contributed by atoms with Crippen LogP contribution >= 0.6 is 0 Å². The maximum Gasteiger partial charge on any atom is 0.243 e. The fraction of sp³-hybridized carbons (Fsp3) is 0.429. The number of halogens is 2. The summed E-state index contributed by atoms with van der Waals surface area (Å²) in [4.78, 5) is 25.4. The number of hydrogen-bond donors (Lipinski definition) is 1. The molecule has 1 saturated carbocycles. The van der Waals surface area contributed by atoms with Crippen LogP contribution in [0, 0.1) is 17.6 Å². The van der Waals surface area contributed by atoms with E-state index in [2.05, 4.69) is 5.32 Å². The van der Waals surface area contributed by atoms with E-state index in [0.717, 1.165) is 25.0 Å². The summed E-state index contributed by atoms with van der Waals surface area (Å²) in [5, 5.41) is 2.58. The van der Waals surface area contributed by atoms with Gasteiger partial charge in [-0.1, -0.05) is 6.07 Å². The highest BCUT2D eigenvalue weighted by atomic mass is 19.2. The Balaban J connectivity index is 1.83. The highest BCUT2D eigenvalue weighted by molar-refractivity contribution is 5.95. The van der Waals surface area contributed by atoms with E-state index in [1.807, 2.05) is 0 Å². The SMILES string of the molecule is O=C1NCC(=O)N(Cc2ccc(F)c(F)c2)C1C1CC1. The molecule has 1 aromatic rings. The monoisotopic (exact) mass is 280 g/mol. The summed E-state index contributed by atoms with van der Waals surface area (Å²) in [7, 11) is 0. The Morgan fingerprint density at radius 2 is 1.95 bits per heavy atom. The van der Waals surface area contributed by atoms with E-state index in [4.69, 9.17) is 0 Å². The van der Waals surface area contributed by atoms with Crippen LogP contribution < -0.4 is 5.32 Å². The summed E-state index contributed by atoms with van der Waals surface area (Å²) in [6.45, 7) is 0.0936. The number of hydrogen-bond acceptors (Lipinski definition) is 2. The van der Waals surface area contributed by atoms with Crippen LogP contribution in [0.25, 0.3) is 0 Å². The van der Waals surface area contributed by atoms with Gasteiger partial charge in [-0.15, -0.1) is 0 Å². The lowest BCUT2D eigenvalue weighted by molar-refractivity contribution is -0.147. The van der Waals surface area contributed by atoms with Crippen LogP contribution in [-0.4, -0.2) is 29.3 Å². The summed E-state index contributed by atoms with van der Waals surface area (Å²) in [6, 6.07) is 3.05. The fourth-order valence-electron chi connectivity index (χ4n) is 2.57. The predicted octanol–water partition coefficient (Wildman–Crippen LogP) is 1.20. The molecule has 106 valence electrons. The molecule has 1 N–H and O–H groups in total. The molecule has 1 aromatic carbocycles. The second-order valence-corrected chi connectivity index (χ2v) is 5.27. The van der Waals surface area contributed by atoms with Crippen LogP contribution in [0.4, 0.5) is 8.78 Å². The van der Waals surface area contributed by atoms with E-state index in [-0.39, 0.29) is 30.8 Å². The first-order valence-corrected chi connectivity index (χ1v) is 6.57. The third-order valence-corrected chi connectivity index (χ3v) is 3.74. The standard InChI is InChI=1S/C14H14F2N2O2/c15-10-4-1-8(5-11(10)16)7-18-12(19)6-17-14(20)13(18)9-2-3-9/h1,4-5,9,13H,2-3,6-7H2,(H,17,20). The Bertz CT molecular complexity index is 572. The lowest BCUT2D eigenvalue weighted by Gasteiger charge is -2.35. The molecule has 1 aliphatic carbocycles. The first-order chi connectivity index (χ1) is 9.56. The molecule has 6 heteroatoms. The lowest BCUT2D eigenvalue weighted by atomic mass is 10.1. The van der Waals surface area contributed by atoms with Crippen molar-refractivity contribution in [3.8, 4) is 0 Å². The van der Waals surface area contributed by atoms with Gasteiger partial charge in [0.1, 0.15) is 6.04 Å². The van der Waals surface area contributed by atoms with Crippen molar-refractivity contribution < 1.29 is 18.4 Å². The molecule has 20 heavy (non-hydrogen) atoms. The molecule has 3 rings (SSSR count). The van der Waals surface area contributed by atoms with Crippen molar-refractivity contribution in [1.82, 2.24) is 10.2 Å². The fourth-order valence-corrected chi connectivity index (χ4v) is 2.57. The van der Waals surface area contributed by atoms with Crippen LogP contribution in [0.2, 0.25) is 0 Å². The van der Waals surface area contributed by atoms with Gasteiger partial charge in [0.15, 0.2) is 11.6 Å². The highest BCUT2D eigenvalue weighted by Gasteiger charge is 2.44. The zero-order valence-corrected chi connectivity index (χ0v) is 10.7. The molecule has 1 aliphatic heterocycles. The summed E-state index contributed by atoms with van der Waals surface area (Å²) >= 11 is 0. The predicted molar refractivity (Wildman–Crippen MR) is 66.4 cm³/mol. The number of nitrogens with zero attached hydrogens (tertiary/aromatic N) is 1. The molecule has 1 heterocycles. The summed E-state index contributed by atoms with van der Waals surface area (Å²) in [6.07, 6.45) is 1.83. The van der Waals surface area contributed by atoms with Crippen molar-refractivity contribution in [2.75, 3.05) is 6.54 Å². The molecule has 0 spiro atoms. The molecule has 1 unspecified atom stereocenters. The number of amides is 2. The lowest BCUT2D eigenvalue weighted by Crippen LogP contribution is -2.58. The third kappa shape index (κ3) is 2.37. The molecule has 2 amide bonds. The zero-order chi connectivity index (χ0) is 14.3. The average molecular weight is 280 g/mol. The van der Waals surface area contributed by atoms with Crippen molar-refractivity contribution in [3.63, 3.8) is 0 Å². The Labute approximate surface area is 114 Å². The van der Waals surface area contributed by atoms with Gasteiger partial charge in [0.2, 0.25) is 11.8 Å². The minimum atomic E-state index is -0.945. The summed E-state index contributed by atoms with van der Waals surface area (Å²) in [5.41, 5.74) is 0.484. The second kappa shape index (κ2) is 4.85. The largest absolute Gasteiger partial charge is 0.345 e. The van der Waals surface area contributed by atoms with Gasteiger partial charge in [0, 0.05) is 6.54 Å². The molecule has 2 fully saturated rings. The maximum absolute atomic E-state index is 13.2. The molecule has 2 aliphatic rings. The van der Waals surface area contributed by atoms with Crippen molar-refractivity contribution in [2.45, 2.75) is 25.4 Å².